The number of carbonyl (C=O) groups excluding carboxylic acids is 2. The highest BCUT2D eigenvalue weighted by atomic mass is 35.5. The number of unbranched alkanes of at least 4 members (excludes halogenated alkanes) is 13. The second kappa shape index (κ2) is 21.7. The summed E-state index contributed by atoms with van der Waals surface area (Å²) < 4.78 is 32.6. The summed E-state index contributed by atoms with van der Waals surface area (Å²) in [6, 6.07) is 18.1. The minimum absolute atomic E-state index is 0.110. The average molecular weight is 850 g/mol. The first-order chi connectivity index (χ1) is 27.3. The summed E-state index contributed by atoms with van der Waals surface area (Å²) in [7, 11) is 0. The van der Waals surface area contributed by atoms with Gasteiger partial charge in [-0.05, 0) is 12.0 Å². The van der Waals surface area contributed by atoms with Crippen molar-refractivity contribution in [2.75, 3.05) is 13.2 Å². The SMILES string of the molecule is CCCCCCCCCCCCCCCCO[C@@H]1O[C@@H]2COC(c3ccccc3)O[C@H]2[C@H](OCc2ccccc2)[C@H]1N1C(=O)c2c(Cl)c(Cl)c(Cl)c(Cl)c2C1=O. The third-order valence-corrected chi connectivity index (χ3v) is 12.7. The Hall–Kier alpha value is -2.24. The molecule has 3 aliphatic heterocycles. The van der Waals surface area contributed by atoms with Crippen LogP contribution in [0.15, 0.2) is 60.7 Å². The fourth-order valence-corrected chi connectivity index (χ4v) is 8.85. The van der Waals surface area contributed by atoms with Crippen LogP contribution in [-0.2, 0) is 30.3 Å². The number of fused-ring (bicyclic) bond motifs is 2. The van der Waals surface area contributed by atoms with Crippen LogP contribution < -0.4 is 0 Å². The molecule has 2 saturated heterocycles. The lowest BCUT2D eigenvalue weighted by Crippen LogP contribution is -2.68. The van der Waals surface area contributed by atoms with E-state index < -0.39 is 48.7 Å². The number of rotatable bonds is 21. The molecule has 0 saturated carbocycles. The van der Waals surface area contributed by atoms with Gasteiger partial charge in [0.25, 0.3) is 11.8 Å². The topological polar surface area (TPSA) is 83.5 Å². The quantitative estimate of drug-likeness (QED) is 0.0457. The van der Waals surface area contributed by atoms with Crippen molar-refractivity contribution in [2.24, 2.45) is 0 Å². The second-order valence-corrected chi connectivity index (χ2v) is 16.4. The molecule has 6 atom stereocenters. The molecule has 12 heteroatoms. The summed E-state index contributed by atoms with van der Waals surface area (Å²) in [4.78, 5) is 29.9. The lowest BCUT2D eigenvalue weighted by atomic mass is 9.94. The highest BCUT2D eigenvalue weighted by Crippen LogP contribution is 2.47. The summed E-state index contributed by atoms with van der Waals surface area (Å²) in [6.45, 7) is 2.94. The molecular weight excluding hydrogens is 796 g/mol. The van der Waals surface area contributed by atoms with Gasteiger partial charge in [-0.2, -0.15) is 0 Å². The molecule has 3 aromatic rings. The van der Waals surface area contributed by atoms with Crippen molar-refractivity contribution in [3.8, 4) is 0 Å². The maximum atomic E-state index is 14.4. The van der Waals surface area contributed by atoms with E-state index in [-0.39, 0.29) is 44.4 Å². The molecule has 6 rings (SSSR count). The van der Waals surface area contributed by atoms with Gasteiger partial charge in [-0.25, -0.2) is 0 Å². The fraction of sp³-hybridized carbons (Fsp3) is 0.545. The van der Waals surface area contributed by atoms with Gasteiger partial charge in [-0.15, -0.1) is 0 Å². The highest BCUT2D eigenvalue weighted by molar-refractivity contribution is 6.55. The zero-order valence-electron chi connectivity index (χ0n) is 32.1. The molecule has 0 radical (unpaired) electrons. The molecule has 3 heterocycles. The Labute approximate surface area is 351 Å². The van der Waals surface area contributed by atoms with E-state index in [0.29, 0.717) is 6.61 Å². The molecule has 1 unspecified atom stereocenters. The molecule has 0 spiro atoms. The molecule has 304 valence electrons. The molecule has 0 aliphatic carbocycles. The zero-order valence-corrected chi connectivity index (χ0v) is 35.1. The minimum atomic E-state index is -1.10. The Balaban J connectivity index is 1.17. The first kappa shape index (κ1) is 43.3. The molecule has 8 nitrogen and oxygen atoms in total. The molecule has 3 aromatic carbocycles. The third-order valence-electron chi connectivity index (χ3n) is 10.9. The van der Waals surface area contributed by atoms with E-state index in [2.05, 4.69) is 6.92 Å². The number of nitrogens with zero attached hydrogens (tertiary/aromatic N) is 1. The lowest BCUT2D eigenvalue weighted by molar-refractivity contribution is -0.354. The van der Waals surface area contributed by atoms with Crippen LogP contribution in [0.2, 0.25) is 20.1 Å². The molecular formula is C44H53Cl4NO7. The Bertz CT molecular complexity index is 1680. The van der Waals surface area contributed by atoms with Gasteiger partial charge in [0.05, 0.1) is 44.4 Å². The number of benzene rings is 3. The van der Waals surface area contributed by atoms with Crippen LogP contribution in [0.3, 0.4) is 0 Å². The number of amides is 2. The molecule has 56 heavy (non-hydrogen) atoms. The first-order valence-electron chi connectivity index (χ1n) is 20.3. The van der Waals surface area contributed by atoms with Crippen molar-refractivity contribution in [1.82, 2.24) is 4.90 Å². The van der Waals surface area contributed by atoms with Crippen LogP contribution in [0.1, 0.15) is 135 Å². The third kappa shape index (κ3) is 10.5. The monoisotopic (exact) mass is 847 g/mol. The summed E-state index contributed by atoms with van der Waals surface area (Å²) in [5, 5.41) is -0.527. The Kier molecular flexibility index (Phi) is 16.8. The fourth-order valence-electron chi connectivity index (χ4n) is 7.84. The largest absolute Gasteiger partial charge is 0.368 e. The van der Waals surface area contributed by atoms with Crippen LogP contribution >= 0.6 is 46.4 Å². The number of ether oxygens (including phenoxy) is 5. The Morgan fingerprint density at radius 3 is 1.71 bits per heavy atom. The van der Waals surface area contributed by atoms with Crippen LogP contribution in [0.25, 0.3) is 0 Å². The van der Waals surface area contributed by atoms with Crippen molar-refractivity contribution in [2.45, 2.75) is 140 Å². The second-order valence-electron chi connectivity index (χ2n) is 14.9. The number of hydrogen-bond donors (Lipinski definition) is 0. The van der Waals surface area contributed by atoms with Gasteiger partial charge in [-0.3, -0.25) is 14.5 Å². The number of carbonyl (C=O) groups is 2. The van der Waals surface area contributed by atoms with E-state index in [0.717, 1.165) is 35.3 Å². The van der Waals surface area contributed by atoms with E-state index in [1.54, 1.807) is 0 Å². The van der Waals surface area contributed by atoms with Gasteiger partial charge in [-0.1, -0.05) is 197 Å². The van der Waals surface area contributed by atoms with Crippen molar-refractivity contribution in [3.63, 3.8) is 0 Å². The zero-order chi connectivity index (χ0) is 39.4. The standard InChI is InChI=1S/C44H53Cl4NO7/c1-2-3-4-5-6-7-8-9-10-11-12-13-14-21-26-52-44-38(49-41(50)32-33(42(49)51)35(46)37(48)36(47)34(32)45)40(53-27-29-22-17-15-18-23-29)39-31(55-44)28-54-43(56-39)30-24-19-16-20-25-30/h15-20,22-25,31,38-40,43-44H,2-14,21,26-28H2,1H3/t31-,38-,39-,40-,43?,44-/m1/s1. The van der Waals surface area contributed by atoms with Gasteiger partial charge in [0.15, 0.2) is 12.6 Å². The van der Waals surface area contributed by atoms with E-state index in [1.807, 2.05) is 60.7 Å². The van der Waals surface area contributed by atoms with Gasteiger partial charge >= 0.3 is 0 Å². The first-order valence-corrected chi connectivity index (χ1v) is 21.8. The Morgan fingerprint density at radius 2 is 1.16 bits per heavy atom. The van der Waals surface area contributed by atoms with Gasteiger partial charge in [0, 0.05) is 12.2 Å². The summed E-state index contributed by atoms with van der Waals surface area (Å²) in [5.74, 6) is -1.40. The van der Waals surface area contributed by atoms with Crippen molar-refractivity contribution in [1.29, 1.82) is 0 Å². The molecule has 2 amide bonds. The van der Waals surface area contributed by atoms with E-state index in [4.69, 9.17) is 70.1 Å². The van der Waals surface area contributed by atoms with Crippen molar-refractivity contribution in [3.05, 3.63) is 103 Å². The van der Waals surface area contributed by atoms with Crippen LogP contribution in [0, 0.1) is 0 Å². The van der Waals surface area contributed by atoms with Crippen molar-refractivity contribution >= 4 is 58.2 Å². The summed E-state index contributed by atoms with van der Waals surface area (Å²) >= 11 is 26.0. The minimum Gasteiger partial charge on any atom is -0.368 e. The predicted octanol–water partition coefficient (Wildman–Crippen LogP) is 12.2. The smallest absolute Gasteiger partial charge is 0.263 e. The molecule has 2 fully saturated rings. The predicted molar refractivity (Wildman–Crippen MR) is 221 cm³/mol. The van der Waals surface area contributed by atoms with Crippen LogP contribution in [-0.4, -0.2) is 60.6 Å². The van der Waals surface area contributed by atoms with Gasteiger partial charge in [0.1, 0.15) is 24.4 Å². The van der Waals surface area contributed by atoms with E-state index in [9.17, 15) is 9.59 Å². The number of imide groups is 1. The van der Waals surface area contributed by atoms with E-state index >= 15 is 0 Å². The summed E-state index contributed by atoms with van der Waals surface area (Å²) in [6.07, 6.45) is 13.2. The number of halogens is 4. The van der Waals surface area contributed by atoms with Crippen LogP contribution in [0.5, 0.6) is 0 Å². The highest BCUT2D eigenvalue weighted by Gasteiger charge is 2.58. The normalized spacial score (nSPS) is 23.4. The number of hydrogen-bond acceptors (Lipinski definition) is 7. The maximum Gasteiger partial charge on any atom is 0.263 e. The maximum absolute atomic E-state index is 14.4. The van der Waals surface area contributed by atoms with Crippen LogP contribution in [0.4, 0.5) is 0 Å². The Morgan fingerprint density at radius 1 is 0.643 bits per heavy atom. The van der Waals surface area contributed by atoms with Gasteiger partial charge < -0.3 is 23.7 Å². The average Bonchev–Trinajstić information content (AvgIpc) is 3.48. The van der Waals surface area contributed by atoms with Gasteiger partial charge in [0.2, 0.25) is 0 Å². The summed E-state index contributed by atoms with van der Waals surface area (Å²) in [5.41, 5.74) is 1.46. The lowest BCUT2D eigenvalue weighted by Gasteiger charge is -2.50. The van der Waals surface area contributed by atoms with E-state index in [1.165, 1.54) is 70.6 Å². The molecule has 0 N–H and O–H groups in total. The molecule has 3 aliphatic rings. The van der Waals surface area contributed by atoms with Crippen molar-refractivity contribution < 1.29 is 33.3 Å². The molecule has 0 aromatic heterocycles. The molecule has 0 bridgehead atoms.